The first-order valence-electron chi connectivity index (χ1n) is 5.46. The molecule has 0 aliphatic heterocycles. The number of ether oxygens (including phenoxy) is 1. The van der Waals surface area contributed by atoms with Crippen molar-refractivity contribution in [2.75, 3.05) is 0 Å². The molecule has 0 aliphatic rings. The van der Waals surface area contributed by atoms with Crippen LogP contribution in [0.1, 0.15) is 44.9 Å². The highest BCUT2D eigenvalue weighted by Gasteiger charge is 2.12. The van der Waals surface area contributed by atoms with Gasteiger partial charge in [0.15, 0.2) is 0 Å². The van der Waals surface area contributed by atoms with Gasteiger partial charge in [-0.1, -0.05) is 6.92 Å². The summed E-state index contributed by atoms with van der Waals surface area (Å²) in [6.45, 7) is 8.07. The van der Waals surface area contributed by atoms with Gasteiger partial charge in [0.25, 0.3) is 0 Å². The summed E-state index contributed by atoms with van der Waals surface area (Å²) in [7, 11) is 0. The predicted octanol–water partition coefficient (Wildman–Crippen LogP) is 2.45. The van der Waals surface area contributed by atoms with Crippen LogP contribution in [0.3, 0.4) is 0 Å². The molecule has 0 saturated carbocycles. The minimum Gasteiger partial charge on any atom is -0.475 e. The Bertz CT molecular complexity index is 321. The van der Waals surface area contributed by atoms with E-state index in [2.05, 4.69) is 11.9 Å². The van der Waals surface area contributed by atoms with Crippen molar-refractivity contribution < 1.29 is 4.74 Å². The number of aromatic nitrogens is 1. The van der Waals surface area contributed by atoms with Gasteiger partial charge in [-0.3, -0.25) is 0 Å². The summed E-state index contributed by atoms with van der Waals surface area (Å²) in [4.78, 5) is 4.25. The van der Waals surface area contributed by atoms with Crippen LogP contribution in [-0.4, -0.2) is 11.1 Å². The fraction of sp³-hybridized carbons (Fsp3) is 0.583. The Morgan fingerprint density at radius 1 is 1.40 bits per heavy atom. The van der Waals surface area contributed by atoms with Gasteiger partial charge in [0.1, 0.15) is 0 Å². The highest BCUT2D eigenvalue weighted by Crippen LogP contribution is 2.24. The smallest absolute Gasteiger partial charge is 0.217 e. The van der Waals surface area contributed by atoms with E-state index in [1.165, 1.54) is 0 Å². The lowest BCUT2D eigenvalue weighted by Gasteiger charge is -2.17. The summed E-state index contributed by atoms with van der Waals surface area (Å²) >= 11 is 0. The van der Waals surface area contributed by atoms with Crippen molar-refractivity contribution >= 4 is 0 Å². The van der Waals surface area contributed by atoms with Gasteiger partial charge in [-0.2, -0.15) is 0 Å². The zero-order valence-corrected chi connectivity index (χ0v) is 9.95. The molecular weight excluding hydrogens is 188 g/mol. The van der Waals surface area contributed by atoms with Gasteiger partial charge in [0, 0.05) is 17.8 Å². The number of nitrogens with zero attached hydrogens (tertiary/aromatic N) is 1. The van der Waals surface area contributed by atoms with Gasteiger partial charge in [-0.05, 0) is 38.8 Å². The van der Waals surface area contributed by atoms with Crippen molar-refractivity contribution in [2.45, 2.75) is 46.3 Å². The van der Waals surface area contributed by atoms with Gasteiger partial charge in [-0.25, -0.2) is 4.98 Å². The van der Waals surface area contributed by atoms with E-state index in [4.69, 9.17) is 10.5 Å². The van der Waals surface area contributed by atoms with E-state index in [1.54, 1.807) is 6.20 Å². The van der Waals surface area contributed by atoms with E-state index < -0.39 is 0 Å². The molecular formula is C12H20N2O. The lowest BCUT2D eigenvalue weighted by Crippen LogP contribution is -2.13. The average Bonchev–Trinajstić information content (AvgIpc) is 2.16. The van der Waals surface area contributed by atoms with Crippen molar-refractivity contribution in [2.24, 2.45) is 5.73 Å². The predicted molar refractivity (Wildman–Crippen MR) is 62.0 cm³/mol. The molecule has 15 heavy (non-hydrogen) atoms. The summed E-state index contributed by atoms with van der Waals surface area (Å²) in [5, 5.41) is 0. The van der Waals surface area contributed by atoms with E-state index in [-0.39, 0.29) is 12.1 Å². The fourth-order valence-electron chi connectivity index (χ4n) is 1.59. The Balaban J connectivity index is 3.10. The molecule has 0 radical (unpaired) electrons. The molecule has 1 heterocycles. The van der Waals surface area contributed by atoms with E-state index in [9.17, 15) is 0 Å². The SMILES string of the molecule is CCc1c(C(C)N)ccnc1OC(C)C. The molecule has 1 aromatic heterocycles. The second-order valence-corrected chi connectivity index (χ2v) is 3.99. The highest BCUT2D eigenvalue weighted by atomic mass is 16.5. The van der Waals surface area contributed by atoms with Crippen molar-refractivity contribution in [3.05, 3.63) is 23.4 Å². The molecule has 0 aromatic carbocycles. The van der Waals surface area contributed by atoms with Gasteiger partial charge >= 0.3 is 0 Å². The number of hydrogen-bond donors (Lipinski definition) is 1. The van der Waals surface area contributed by atoms with Crippen LogP contribution >= 0.6 is 0 Å². The van der Waals surface area contributed by atoms with Crippen LogP contribution in [0.5, 0.6) is 5.88 Å². The molecule has 0 saturated heterocycles. The largest absolute Gasteiger partial charge is 0.475 e. The maximum Gasteiger partial charge on any atom is 0.217 e. The second-order valence-electron chi connectivity index (χ2n) is 3.99. The minimum atomic E-state index is 0.0254. The number of hydrogen-bond acceptors (Lipinski definition) is 3. The molecule has 84 valence electrons. The van der Waals surface area contributed by atoms with Gasteiger partial charge < -0.3 is 10.5 Å². The minimum absolute atomic E-state index is 0.0254. The Morgan fingerprint density at radius 3 is 2.53 bits per heavy atom. The van der Waals surface area contributed by atoms with E-state index in [0.717, 1.165) is 23.4 Å². The summed E-state index contributed by atoms with van der Waals surface area (Å²) in [6.07, 6.45) is 2.80. The van der Waals surface area contributed by atoms with E-state index in [1.807, 2.05) is 26.8 Å². The fourth-order valence-corrected chi connectivity index (χ4v) is 1.59. The van der Waals surface area contributed by atoms with Crippen LogP contribution < -0.4 is 10.5 Å². The third-order valence-corrected chi connectivity index (χ3v) is 2.24. The highest BCUT2D eigenvalue weighted by molar-refractivity contribution is 5.36. The van der Waals surface area contributed by atoms with Crippen LogP contribution in [0.15, 0.2) is 12.3 Å². The van der Waals surface area contributed by atoms with Crippen molar-refractivity contribution in [1.82, 2.24) is 4.98 Å². The quantitative estimate of drug-likeness (QED) is 0.826. The molecule has 3 heteroatoms. The Kier molecular flexibility index (Phi) is 4.09. The molecule has 1 rings (SSSR count). The molecule has 2 N–H and O–H groups in total. The normalized spacial score (nSPS) is 12.9. The van der Waals surface area contributed by atoms with Crippen LogP contribution in [-0.2, 0) is 6.42 Å². The number of pyridine rings is 1. The van der Waals surface area contributed by atoms with Crippen molar-refractivity contribution in [1.29, 1.82) is 0 Å². The second kappa shape index (κ2) is 5.12. The first-order chi connectivity index (χ1) is 7.06. The van der Waals surface area contributed by atoms with E-state index >= 15 is 0 Å². The summed E-state index contributed by atoms with van der Waals surface area (Å²) < 4.78 is 5.66. The number of nitrogens with two attached hydrogens (primary N) is 1. The van der Waals surface area contributed by atoms with Crippen LogP contribution in [0.2, 0.25) is 0 Å². The Hall–Kier alpha value is -1.09. The first kappa shape index (κ1) is 12.0. The standard InChI is InChI=1S/C12H20N2O/c1-5-10-11(9(4)13)6-7-14-12(10)15-8(2)3/h6-9H,5,13H2,1-4H3. The maximum atomic E-state index is 5.91. The number of rotatable bonds is 4. The topological polar surface area (TPSA) is 48.1 Å². The zero-order valence-electron chi connectivity index (χ0n) is 9.95. The molecule has 0 amide bonds. The molecule has 1 atom stereocenters. The van der Waals surface area contributed by atoms with Gasteiger partial charge in [-0.15, -0.1) is 0 Å². The molecule has 3 nitrogen and oxygen atoms in total. The summed E-state index contributed by atoms with van der Waals surface area (Å²) in [6, 6.07) is 1.99. The zero-order chi connectivity index (χ0) is 11.4. The van der Waals surface area contributed by atoms with Crippen LogP contribution in [0, 0.1) is 0 Å². The van der Waals surface area contributed by atoms with Gasteiger partial charge in [0.05, 0.1) is 6.10 Å². The van der Waals surface area contributed by atoms with Crippen LogP contribution in [0.4, 0.5) is 0 Å². The summed E-state index contributed by atoms with van der Waals surface area (Å²) in [5.41, 5.74) is 8.16. The Labute approximate surface area is 91.7 Å². The van der Waals surface area contributed by atoms with Gasteiger partial charge in [0.2, 0.25) is 5.88 Å². The monoisotopic (exact) mass is 208 g/mol. The van der Waals surface area contributed by atoms with Crippen molar-refractivity contribution in [3.8, 4) is 5.88 Å². The molecule has 1 unspecified atom stereocenters. The average molecular weight is 208 g/mol. The Morgan fingerprint density at radius 2 is 2.07 bits per heavy atom. The molecule has 0 aliphatic carbocycles. The third-order valence-electron chi connectivity index (χ3n) is 2.24. The molecule has 0 spiro atoms. The molecule has 0 fully saturated rings. The molecule has 1 aromatic rings. The summed E-state index contributed by atoms with van der Waals surface area (Å²) in [5.74, 6) is 0.724. The lowest BCUT2D eigenvalue weighted by molar-refractivity contribution is 0.229. The van der Waals surface area contributed by atoms with Crippen molar-refractivity contribution in [3.63, 3.8) is 0 Å². The third kappa shape index (κ3) is 2.93. The molecule has 0 bridgehead atoms. The van der Waals surface area contributed by atoms with Crippen LogP contribution in [0.25, 0.3) is 0 Å². The maximum absolute atomic E-state index is 5.91. The first-order valence-corrected chi connectivity index (χ1v) is 5.46. The van der Waals surface area contributed by atoms with E-state index in [0.29, 0.717) is 0 Å². The lowest BCUT2D eigenvalue weighted by atomic mass is 10.0.